The van der Waals surface area contributed by atoms with Gasteiger partial charge in [0, 0.05) is 23.1 Å². The van der Waals surface area contributed by atoms with Crippen LogP contribution in [0, 0.1) is 4.77 Å². The van der Waals surface area contributed by atoms with Crippen molar-refractivity contribution in [2.75, 3.05) is 0 Å². The minimum atomic E-state index is -0.0319. The molecule has 1 spiro atoms. The summed E-state index contributed by atoms with van der Waals surface area (Å²) in [6, 6.07) is 8.59. The van der Waals surface area contributed by atoms with Gasteiger partial charge >= 0.3 is 0 Å². The first-order valence-corrected chi connectivity index (χ1v) is 7.64. The Morgan fingerprint density at radius 1 is 1.24 bits per heavy atom. The van der Waals surface area contributed by atoms with Gasteiger partial charge in [0.05, 0.1) is 0 Å². The number of hydrogen-bond donors (Lipinski definition) is 2. The highest BCUT2D eigenvalue weighted by Crippen LogP contribution is 2.47. The number of rotatable bonds is 0. The van der Waals surface area contributed by atoms with Gasteiger partial charge in [-0.1, -0.05) is 30.3 Å². The van der Waals surface area contributed by atoms with Crippen LogP contribution < -0.4 is 5.56 Å². The molecule has 4 rings (SSSR count). The van der Waals surface area contributed by atoms with Crippen LogP contribution in [-0.4, -0.2) is 9.97 Å². The molecule has 21 heavy (non-hydrogen) atoms. The number of fused-ring (bicyclic) bond motifs is 3. The Kier molecular flexibility index (Phi) is 2.60. The van der Waals surface area contributed by atoms with Crippen LogP contribution in [0.4, 0.5) is 0 Å². The van der Waals surface area contributed by atoms with Crippen molar-refractivity contribution in [3.05, 3.63) is 67.9 Å². The molecule has 0 amide bonds. The molecular weight excluding hydrogens is 280 g/mol. The maximum absolute atomic E-state index is 12.0. The van der Waals surface area contributed by atoms with E-state index in [9.17, 15) is 4.79 Å². The molecular formula is C17H16N2OS. The minimum Gasteiger partial charge on any atom is -0.336 e. The molecule has 0 saturated carbocycles. The molecule has 2 aromatic rings. The molecule has 0 aliphatic heterocycles. The molecule has 0 fully saturated rings. The van der Waals surface area contributed by atoms with E-state index in [0.717, 1.165) is 30.5 Å². The normalized spacial score (nSPS) is 22.8. The lowest BCUT2D eigenvalue weighted by molar-refractivity contribution is 0.455. The summed E-state index contributed by atoms with van der Waals surface area (Å²) in [5.41, 5.74) is 5.89. The second-order valence-corrected chi connectivity index (χ2v) is 6.48. The molecule has 2 N–H and O–H groups in total. The van der Waals surface area contributed by atoms with E-state index in [-0.39, 0.29) is 11.0 Å². The third-order valence-electron chi connectivity index (χ3n) is 4.82. The Hall–Kier alpha value is -1.94. The fourth-order valence-corrected chi connectivity index (χ4v) is 4.13. The summed E-state index contributed by atoms with van der Waals surface area (Å²) in [4.78, 5) is 17.9. The van der Waals surface area contributed by atoms with Crippen molar-refractivity contribution in [2.24, 2.45) is 0 Å². The third-order valence-corrected chi connectivity index (χ3v) is 5.03. The molecule has 3 nitrogen and oxygen atoms in total. The van der Waals surface area contributed by atoms with Gasteiger partial charge in [-0.25, -0.2) is 0 Å². The van der Waals surface area contributed by atoms with Crippen molar-refractivity contribution in [3.8, 4) is 0 Å². The number of H-pyrrole nitrogens is 2. The van der Waals surface area contributed by atoms with Crippen LogP contribution in [0.1, 0.15) is 35.7 Å². The van der Waals surface area contributed by atoms with Gasteiger partial charge in [-0.05, 0) is 48.7 Å². The Morgan fingerprint density at radius 2 is 2.05 bits per heavy atom. The van der Waals surface area contributed by atoms with Gasteiger partial charge in [-0.3, -0.25) is 9.78 Å². The number of nitrogens with one attached hydrogen (secondary N) is 2. The zero-order valence-electron chi connectivity index (χ0n) is 11.8. The summed E-state index contributed by atoms with van der Waals surface area (Å²) in [6.45, 7) is 2.17. The zero-order valence-corrected chi connectivity index (χ0v) is 12.6. The maximum Gasteiger partial charge on any atom is 0.255 e. The van der Waals surface area contributed by atoms with E-state index in [1.807, 2.05) is 0 Å². The van der Waals surface area contributed by atoms with Crippen LogP contribution in [-0.2, 0) is 18.3 Å². The number of benzene rings is 1. The lowest BCUT2D eigenvalue weighted by Gasteiger charge is -2.34. The summed E-state index contributed by atoms with van der Waals surface area (Å²) in [5, 5.41) is 0. The molecule has 1 aromatic heterocycles. The highest BCUT2D eigenvalue weighted by molar-refractivity contribution is 7.71. The highest BCUT2D eigenvalue weighted by atomic mass is 32.1. The Bertz CT molecular complexity index is 890. The molecule has 106 valence electrons. The Balaban J connectivity index is 1.90. The van der Waals surface area contributed by atoms with E-state index >= 15 is 0 Å². The van der Waals surface area contributed by atoms with Crippen molar-refractivity contribution in [2.45, 2.75) is 31.6 Å². The average molecular weight is 296 g/mol. The first-order chi connectivity index (χ1) is 10.1. The molecule has 2 aliphatic carbocycles. The van der Waals surface area contributed by atoms with Crippen molar-refractivity contribution >= 4 is 17.8 Å². The van der Waals surface area contributed by atoms with Crippen molar-refractivity contribution in [1.82, 2.24) is 9.97 Å². The monoisotopic (exact) mass is 296 g/mol. The van der Waals surface area contributed by atoms with E-state index < -0.39 is 0 Å². The van der Waals surface area contributed by atoms with E-state index in [1.54, 1.807) is 0 Å². The number of allylic oxidation sites excluding steroid dienone is 2. The smallest absolute Gasteiger partial charge is 0.255 e. The van der Waals surface area contributed by atoms with Crippen molar-refractivity contribution in [3.63, 3.8) is 0 Å². The van der Waals surface area contributed by atoms with Crippen LogP contribution in [0.5, 0.6) is 0 Å². The van der Waals surface area contributed by atoms with E-state index in [4.69, 9.17) is 12.2 Å². The number of aromatic amines is 2. The molecule has 1 aromatic carbocycles. The van der Waals surface area contributed by atoms with Crippen LogP contribution >= 0.6 is 12.2 Å². The maximum atomic E-state index is 12.0. The lowest BCUT2D eigenvalue weighted by Crippen LogP contribution is -2.34. The Morgan fingerprint density at radius 3 is 2.90 bits per heavy atom. The minimum absolute atomic E-state index is 0.0136. The second-order valence-electron chi connectivity index (χ2n) is 6.07. The van der Waals surface area contributed by atoms with E-state index in [1.165, 1.54) is 16.7 Å². The fourth-order valence-electron chi connectivity index (χ4n) is 3.91. The summed E-state index contributed by atoms with van der Waals surface area (Å²) in [7, 11) is 0. The van der Waals surface area contributed by atoms with Crippen molar-refractivity contribution < 1.29 is 0 Å². The number of aromatic nitrogens is 2. The molecule has 4 heteroatoms. The van der Waals surface area contributed by atoms with Gasteiger partial charge in [0.2, 0.25) is 0 Å². The molecule has 1 unspecified atom stereocenters. The first kappa shape index (κ1) is 12.8. The van der Waals surface area contributed by atoms with Crippen LogP contribution in [0.25, 0.3) is 5.57 Å². The molecule has 2 aliphatic rings. The SMILES string of the molecule is CC1=CC2(CCc3c([nH]c(=S)[nH]c3=O)C2)c2ccccc21. The predicted octanol–water partition coefficient (Wildman–Crippen LogP) is 3.28. The predicted molar refractivity (Wildman–Crippen MR) is 86.0 cm³/mol. The van der Waals surface area contributed by atoms with Gasteiger partial charge < -0.3 is 4.98 Å². The zero-order chi connectivity index (χ0) is 14.6. The quantitative estimate of drug-likeness (QED) is 0.733. The second kappa shape index (κ2) is 4.28. The molecule has 1 heterocycles. The third kappa shape index (κ3) is 1.79. The topological polar surface area (TPSA) is 48.6 Å². The van der Waals surface area contributed by atoms with E-state index in [0.29, 0.717) is 4.77 Å². The molecule has 0 bridgehead atoms. The van der Waals surface area contributed by atoms with Crippen LogP contribution in [0.2, 0.25) is 0 Å². The molecule has 0 saturated heterocycles. The summed E-state index contributed by atoms with van der Waals surface area (Å²) < 4.78 is 0.419. The summed E-state index contributed by atoms with van der Waals surface area (Å²) >= 11 is 5.12. The average Bonchev–Trinajstić information content (AvgIpc) is 2.71. The van der Waals surface area contributed by atoms with Gasteiger partial charge in [-0.2, -0.15) is 0 Å². The van der Waals surface area contributed by atoms with Gasteiger partial charge in [0.15, 0.2) is 4.77 Å². The largest absolute Gasteiger partial charge is 0.336 e. The highest BCUT2D eigenvalue weighted by Gasteiger charge is 2.40. The fraction of sp³-hybridized carbons (Fsp3) is 0.294. The van der Waals surface area contributed by atoms with Gasteiger partial charge in [0.25, 0.3) is 5.56 Å². The standard InChI is InChI=1S/C17H16N2OS/c1-10-8-17(13-5-3-2-4-11(10)13)7-6-12-14(9-17)18-16(21)19-15(12)20/h2-5,8H,6-7,9H2,1H3,(H2,18,19,20,21). The molecule has 0 radical (unpaired) electrons. The lowest BCUT2D eigenvalue weighted by atomic mass is 9.70. The van der Waals surface area contributed by atoms with Gasteiger partial charge in [0.1, 0.15) is 0 Å². The van der Waals surface area contributed by atoms with E-state index in [2.05, 4.69) is 47.2 Å². The summed E-state index contributed by atoms with van der Waals surface area (Å²) in [5.74, 6) is 0. The van der Waals surface area contributed by atoms with Gasteiger partial charge in [-0.15, -0.1) is 0 Å². The number of hydrogen-bond acceptors (Lipinski definition) is 2. The summed E-state index contributed by atoms with van der Waals surface area (Å²) in [6.07, 6.45) is 4.96. The van der Waals surface area contributed by atoms with Crippen LogP contribution in [0.3, 0.4) is 0 Å². The van der Waals surface area contributed by atoms with Crippen molar-refractivity contribution in [1.29, 1.82) is 0 Å². The Labute approximate surface area is 127 Å². The van der Waals surface area contributed by atoms with Crippen LogP contribution in [0.15, 0.2) is 35.1 Å². The first-order valence-electron chi connectivity index (χ1n) is 7.23. The molecule has 1 atom stereocenters.